The number of benzene rings is 1. The second-order valence-electron chi connectivity index (χ2n) is 5.36. The van der Waals surface area contributed by atoms with E-state index in [9.17, 15) is 4.79 Å². The summed E-state index contributed by atoms with van der Waals surface area (Å²) in [6.45, 7) is 4.04. The smallest absolute Gasteiger partial charge is 0.412 e. The zero-order valence-corrected chi connectivity index (χ0v) is 13.5. The highest BCUT2D eigenvalue weighted by atomic mass is 16.5. The summed E-state index contributed by atoms with van der Waals surface area (Å²) < 4.78 is 4.85. The number of ether oxygens (including phenoxy) is 1. The molecular formula is C17H19N5O2. The van der Waals surface area contributed by atoms with Crippen molar-refractivity contribution in [3.05, 3.63) is 42.0 Å². The molecule has 2 aromatic rings. The van der Waals surface area contributed by atoms with Crippen molar-refractivity contribution >= 4 is 34.8 Å². The molecule has 1 aliphatic heterocycles. The van der Waals surface area contributed by atoms with Gasteiger partial charge in [-0.05, 0) is 19.4 Å². The Hall–Kier alpha value is -3.09. The molecule has 0 bridgehead atoms. The van der Waals surface area contributed by atoms with E-state index in [2.05, 4.69) is 20.6 Å². The lowest BCUT2D eigenvalue weighted by atomic mass is 10.0. The zero-order chi connectivity index (χ0) is 17.1. The molecule has 1 aliphatic rings. The van der Waals surface area contributed by atoms with Crippen molar-refractivity contribution in [2.75, 3.05) is 23.0 Å². The maximum Gasteiger partial charge on any atom is 0.412 e. The topological polar surface area (TPSA) is 102 Å². The summed E-state index contributed by atoms with van der Waals surface area (Å²) in [5.74, 6) is 0.565. The number of rotatable bonds is 3. The van der Waals surface area contributed by atoms with Gasteiger partial charge in [-0.3, -0.25) is 5.32 Å². The lowest BCUT2D eigenvalue weighted by molar-refractivity contribution is 0.168. The highest BCUT2D eigenvalue weighted by molar-refractivity contribution is 6.10. The Bertz CT molecular complexity index is 789. The monoisotopic (exact) mass is 325 g/mol. The molecule has 3 rings (SSSR count). The number of anilines is 3. The molecule has 4 N–H and O–H groups in total. The molecule has 7 heteroatoms. The fourth-order valence-electron chi connectivity index (χ4n) is 2.56. The van der Waals surface area contributed by atoms with E-state index < -0.39 is 6.09 Å². The third kappa shape index (κ3) is 3.15. The van der Waals surface area contributed by atoms with E-state index in [1.807, 2.05) is 37.3 Å². The van der Waals surface area contributed by atoms with Gasteiger partial charge in [-0.1, -0.05) is 30.3 Å². The van der Waals surface area contributed by atoms with E-state index in [4.69, 9.17) is 10.5 Å². The molecule has 1 aromatic carbocycles. The van der Waals surface area contributed by atoms with Gasteiger partial charge in [0, 0.05) is 6.07 Å². The quantitative estimate of drug-likeness (QED) is 0.804. The number of aromatic nitrogens is 1. The normalized spacial score (nSPS) is 15.8. The minimum atomic E-state index is -0.568. The third-order valence-corrected chi connectivity index (χ3v) is 3.61. The van der Waals surface area contributed by atoms with Crippen molar-refractivity contribution in [1.82, 2.24) is 4.98 Å². The average molecular weight is 325 g/mol. The highest BCUT2D eigenvalue weighted by Crippen LogP contribution is 2.37. The third-order valence-electron chi connectivity index (χ3n) is 3.61. The van der Waals surface area contributed by atoms with Crippen LogP contribution in [0.25, 0.3) is 0 Å². The number of fused-ring (bicyclic) bond motifs is 1. The maximum atomic E-state index is 11.5. The van der Waals surface area contributed by atoms with Gasteiger partial charge in [0.25, 0.3) is 0 Å². The minimum absolute atomic E-state index is 0.00265. The van der Waals surface area contributed by atoms with Crippen molar-refractivity contribution in [1.29, 1.82) is 0 Å². The predicted molar refractivity (Wildman–Crippen MR) is 95.0 cm³/mol. The number of hydrogen-bond donors (Lipinski definition) is 3. The number of nitrogens with one attached hydrogen (secondary N) is 2. The minimum Gasteiger partial charge on any atom is -0.450 e. The Morgan fingerprint density at radius 3 is 2.83 bits per heavy atom. The SMILES string of the molecule is CCOC(=O)Nc1cc2c(c(N)n1)N=C(c1ccccc1)[C@H](C)N2. The van der Waals surface area contributed by atoms with Gasteiger partial charge in [0.15, 0.2) is 5.82 Å². The van der Waals surface area contributed by atoms with Crippen LogP contribution in [0.5, 0.6) is 0 Å². The number of nitrogen functional groups attached to an aromatic ring is 1. The van der Waals surface area contributed by atoms with Crippen molar-refractivity contribution in [2.45, 2.75) is 19.9 Å². The first-order valence-corrected chi connectivity index (χ1v) is 7.73. The summed E-state index contributed by atoms with van der Waals surface area (Å²) in [5.41, 5.74) is 9.24. The number of nitrogens with two attached hydrogens (primary N) is 1. The highest BCUT2D eigenvalue weighted by Gasteiger charge is 2.23. The van der Waals surface area contributed by atoms with Gasteiger partial charge >= 0.3 is 6.09 Å². The second-order valence-corrected chi connectivity index (χ2v) is 5.36. The van der Waals surface area contributed by atoms with Gasteiger partial charge in [-0.25, -0.2) is 14.8 Å². The van der Waals surface area contributed by atoms with Gasteiger partial charge in [-0.15, -0.1) is 0 Å². The van der Waals surface area contributed by atoms with Crippen LogP contribution in [-0.4, -0.2) is 29.4 Å². The Balaban J connectivity index is 1.95. The number of aliphatic imine (C=N–C) groups is 1. The zero-order valence-electron chi connectivity index (χ0n) is 13.5. The number of amides is 1. The average Bonchev–Trinajstić information content (AvgIpc) is 2.55. The van der Waals surface area contributed by atoms with Crippen LogP contribution in [0.3, 0.4) is 0 Å². The van der Waals surface area contributed by atoms with Crippen molar-refractivity contribution in [3.8, 4) is 0 Å². The first kappa shape index (κ1) is 15.8. The molecule has 0 aliphatic carbocycles. The van der Waals surface area contributed by atoms with Gasteiger partial charge in [-0.2, -0.15) is 0 Å². The number of pyridine rings is 1. The van der Waals surface area contributed by atoms with E-state index >= 15 is 0 Å². The summed E-state index contributed by atoms with van der Waals surface area (Å²) in [5, 5.41) is 5.90. The molecule has 2 heterocycles. The van der Waals surface area contributed by atoms with Crippen LogP contribution in [0.4, 0.5) is 27.8 Å². The van der Waals surface area contributed by atoms with Crippen LogP contribution in [0.1, 0.15) is 19.4 Å². The molecule has 0 saturated heterocycles. The lowest BCUT2D eigenvalue weighted by Crippen LogP contribution is -2.30. The van der Waals surface area contributed by atoms with Crippen LogP contribution in [0, 0.1) is 0 Å². The van der Waals surface area contributed by atoms with Gasteiger partial charge in [0.2, 0.25) is 0 Å². The molecule has 0 unspecified atom stereocenters. The first-order valence-electron chi connectivity index (χ1n) is 7.73. The van der Waals surface area contributed by atoms with Gasteiger partial charge in [0.05, 0.1) is 24.0 Å². The molecule has 124 valence electrons. The molecule has 0 spiro atoms. The predicted octanol–water partition coefficient (Wildman–Crippen LogP) is 3.17. The number of nitrogens with zero attached hydrogens (tertiary/aromatic N) is 2. The van der Waals surface area contributed by atoms with Crippen LogP contribution in [-0.2, 0) is 4.74 Å². The number of carbonyl (C=O) groups is 1. The Labute approximate surface area is 140 Å². The number of carbonyl (C=O) groups excluding carboxylic acids is 1. The van der Waals surface area contributed by atoms with E-state index in [0.717, 1.165) is 17.0 Å². The molecule has 1 atom stereocenters. The molecule has 0 radical (unpaired) electrons. The fourth-order valence-corrected chi connectivity index (χ4v) is 2.56. The summed E-state index contributed by atoms with van der Waals surface area (Å²) in [6.07, 6.45) is -0.568. The Morgan fingerprint density at radius 2 is 2.12 bits per heavy atom. The molecular weight excluding hydrogens is 306 g/mol. The Kier molecular flexibility index (Phi) is 4.33. The van der Waals surface area contributed by atoms with Gasteiger partial charge in [0.1, 0.15) is 11.5 Å². The molecule has 0 fully saturated rings. The summed E-state index contributed by atoms with van der Waals surface area (Å²) >= 11 is 0. The molecule has 1 amide bonds. The van der Waals surface area contributed by atoms with E-state index in [0.29, 0.717) is 11.5 Å². The first-order chi connectivity index (χ1) is 11.6. The largest absolute Gasteiger partial charge is 0.450 e. The maximum absolute atomic E-state index is 11.5. The van der Waals surface area contributed by atoms with Crippen molar-refractivity contribution in [2.24, 2.45) is 4.99 Å². The van der Waals surface area contributed by atoms with Crippen LogP contribution < -0.4 is 16.4 Å². The van der Waals surface area contributed by atoms with Crippen molar-refractivity contribution < 1.29 is 9.53 Å². The Morgan fingerprint density at radius 1 is 1.38 bits per heavy atom. The molecule has 24 heavy (non-hydrogen) atoms. The fraction of sp³-hybridized carbons (Fsp3) is 0.235. The number of hydrogen-bond acceptors (Lipinski definition) is 6. The van der Waals surface area contributed by atoms with E-state index in [-0.39, 0.29) is 18.5 Å². The van der Waals surface area contributed by atoms with E-state index in [1.165, 1.54) is 0 Å². The summed E-state index contributed by atoms with van der Waals surface area (Å²) in [4.78, 5) is 20.4. The van der Waals surface area contributed by atoms with Crippen LogP contribution in [0.2, 0.25) is 0 Å². The standard InChI is InChI=1S/C17H19N5O2/c1-3-24-17(23)21-13-9-12-15(16(18)20-13)22-14(10(2)19-12)11-7-5-4-6-8-11/h4-10,19H,3H2,1-2H3,(H3,18,20,21,23)/t10-/m0/s1. The molecule has 7 nitrogen and oxygen atoms in total. The molecule has 0 saturated carbocycles. The van der Waals surface area contributed by atoms with Crippen LogP contribution >= 0.6 is 0 Å². The second kappa shape index (κ2) is 6.57. The summed E-state index contributed by atoms with van der Waals surface area (Å²) in [7, 11) is 0. The van der Waals surface area contributed by atoms with Crippen LogP contribution in [0.15, 0.2) is 41.4 Å². The van der Waals surface area contributed by atoms with E-state index in [1.54, 1.807) is 13.0 Å². The van der Waals surface area contributed by atoms with Crippen molar-refractivity contribution in [3.63, 3.8) is 0 Å². The molecule has 1 aromatic heterocycles. The lowest BCUT2D eigenvalue weighted by Gasteiger charge is -2.25. The summed E-state index contributed by atoms with van der Waals surface area (Å²) in [6, 6.07) is 11.6. The van der Waals surface area contributed by atoms with Gasteiger partial charge < -0.3 is 15.8 Å².